The molecule has 0 bridgehead atoms. The summed E-state index contributed by atoms with van der Waals surface area (Å²) in [5.74, 6) is -0.305. The molecule has 1 heterocycles. The molecule has 0 aromatic rings. The van der Waals surface area contributed by atoms with E-state index in [-0.39, 0.29) is 19.2 Å². The molecule has 1 aliphatic heterocycles. The van der Waals surface area contributed by atoms with Gasteiger partial charge in [0, 0.05) is 13.0 Å². The molecule has 0 spiro atoms. The summed E-state index contributed by atoms with van der Waals surface area (Å²) in [6.45, 7) is 4.63. The smallest absolute Gasteiger partial charge is 0.306 e. The van der Waals surface area contributed by atoms with Crippen molar-refractivity contribution >= 4 is 5.97 Å². The minimum Gasteiger partial charge on any atom is -0.457 e. The highest BCUT2D eigenvalue weighted by atomic mass is 16.7. The van der Waals surface area contributed by atoms with E-state index in [9.17, 15) is 25.2 Å². The molecule has 1 fully saturated rings. The van der Waals surface area contributed by atoms with Crippen LogP contribution in [0.1, 0.15) is 251 Å². The molecule has 59 heavy (non-hydrogen) atoms. The fourth-order valence-electron chi connectivity index (χ4n) is 8.26. The van der Waals surface area contributed by atoms with E-state index in [1.807, 2.05) is 0 Å². The molecule has 4 N–H and O–H groups in total. The van der Waals surface area contributed by atoms with Gasteiger partial charge < -0.3 is 39.4 Å². The molecular weight excluding hydrogens is 745 g/mol. The second-order valence-electron chi connectivity index (χ2n) is 18.0. The maximum atomic E-state index is 12.8. The number of carbonyl (C=O) groups is 1. The Labute approximate surface area is 363 Å². The quantitative estimate of drug-likeness (QED) is 0.0349. The summed E-state index contributed by atoms with van der Waals surface area (Å²) in [4.78, 5) is 12.8. The van der Waals surface area contributed by atoms with E-state index in [0.717, 1.165) is 32.1 Å². The van der Waals surface area contributed by atoms with Crippen molar-refractivity contribution in [3.63, 3.8) is 0 Å². The van der Waals surface area contributed by atoms with Crippen molar-refractivity contribution in [2.75, 3.05) is 26.4 Å². The van der Waals surface area contributed by atoms with Crippen LogP contribution in [0.15, 0.2) is 0 Å². The Hall–Kier alpha value is -0.810. The lowest BCUT2D eigenvalue weighted by Crippen LogP contribution is -2.59. The normalized spacial score (nSPS) is 20.0. The summed E-state index contributed by atoms with van der Waals surface area (Å²) < 4.78 is 22.9. The van der Waals surface area contributed by atoms with E-state index in [1.54, 1.807) is 0 Å². The van der Waals surface area contributed by atoms with Gasteiger partial charge in [-0.25, -0.2) is 0 Å². The van der Waals surface area contributed by atoms with Gasteiger partial charge in [-0.3, -0.25) is 4.79 Å². The predicted molar refractivity (Wildman–Crippen MR) is 243 cm³/mol. The highest BCUT2D eigenvalue weighted by Gasteiger charge is 2.44. The Morgan fingerprint density at radius 2 is 0.831 bits per heavy atom. The van der Waals surface area contributed by atoms with E-state index in [0.29, 0.717) is 13.0 Å². The molecule has 0 aliphatic carbocycles. The molecule has 0 aromatic heterocycles. The molecule has 0 saturated carbocycles. The molecule has 1 aliphatic rings. The first kappa shape index (κ1) is 56.2. The number of rotatable bonds is 45. The van der Waals surface area contributed by atoms with Crippen molar-refractivity contribution in [1.82, 2.24) is 0 Å². The van der Waals surface area contributed by atoms with Gasteiger partial charge in [-0.1, -0.05) is 232 Å². The molecule has 0 amide bonds. The number of hydrogen-bond acceptors (Lipinski definition) is 9. The summed E-state index contributed by atoms with van der Waals surface area (Å²) in [6.07, 6.45) is 39.9. The highest BCUT2D eigenvalue weighted by Crippen LogP contribution is 2.23. The van der Waals surface area contributed by atoms with Crippen LogP contribution in [0.25, 0.3) is 0 Å². The van der Waals surface area contributed by atoms with Crippen LogP contribution in [-0.2, 0) is 23.7 Å². The van der Waals surface area contributed by atoms with Gasteiger partial charge in [-0.05, 0) is 12.8 Å². The molecule has 352 valence electrons. The van der Waals surface area contributed by atoms with Gasteiger partial charge in [0.15, 0.2) is 6.29 Å². The second-order valence-corrected chi connectivity index (χ2v) is 18.0. The van der Waals surface area contributed by atoms with Gasteiger partial charge in [0.25, 0.3) is 0 Å². The van der Waals surface area contributed by atoms with Gasteiger partial charge in [0.1, 0.15) is 30.5 Å². The van der Waals surface area contributed by atoms with Crippen LogP contribution >= 0.6 is 0 Å². The van der Waals surface area contributed by atoms with Crippen LogP contribution in [0.4, 0.5) is 0 Å². The third-order valence-corrected chi connectivity index (χ3v) is 12.3. The molecule has 6 atom stereocenters. The Kier molecular flexibility index (Phi) is 40.5. The SMILES string of the molecule is CCCCCCCCCCCCCCCCCCCCCCOCC(COC1OC(CO)C(O)C(O)C1O)OC(=O)CCCCCCCCCCCCCCCCCC. The minimum atomic E-state index is -1.53. The zero-order chi connectivity index (χ0) is 42.9. The predicted octanol–water partition coefficient (Wildman–Crippen LogP) is 12.2. The van der Waals surface area contributed by atoms with Crippen molar-refractivity contribution in [1.29, 1.82) is 0 Å². The summed E-state index contributed by atoms with van der Waals surface area (Å²) >= 11 is 0. The number of hydrogen-bond donors (Lipinski definition) is 4. The third-order valence-electron chi connectivity index (χ3n) is 12.3. The van der Waals surface area contributed by atoms with E-state index in [4.69, 9.17) is 18.9 Å². The largest absolute Gasteiger partial charge is 0.457 e. The van der Waals surface area contributed by atoms with Crippen LogP contribution in [-0.4, -0.2) is 89.6 Å². The molecule has 0 aromatic carbocycles. The summed E-state index contributed by atoms with van der Waals surface area (Å²) in [5, 5.41) is 40.2. The molecular formula is C50H98O9. The second kappa shape index (κ2) is 42.5. The van der Waals surface area contributed by atoms with Gasteiger partial charge in [0.05, 0.1) is 19.8 Å². The maximum Gasteiger partial charge on any atom is 0.306 e. The minimum absolute atomic E-state index is 0.105. The van der Waals surface area contributed by atoms with E-state index < -0.39 is 43.4 Å². The fourth-order valence-corrected chi connectivity index (χ4v) is 8.26. The number of ether oxygens (including phenoxy) is 4. The highest BCUT2D eigenvalue weighted by molar-refractivity contribution is 5.69. The standard InChI is InChI=1S/C50H98O9/c1-3-5-7-9-11-13-15-17-19-21-22-23-24-26-28-30-32-34-36-38-40-56-42-44(43-57-50-49(55)48(54)47(53)45(41-51)59-50)58-46(52)39-37-35-33-31-29-27-25-20-18-16-14-12-10-8-6-4-2/h44-45,47-51,53-55H,3-43H2,1-2H3. The zero-order valence-electron chi connectivity index (χ0n) is 38.8. The first-order valence-electron chi connectivity index (χ1n) is 25.6. The molecule has 1 rings (SSSR count). The van der Waals surface area contributed by atoms with Crippen LogP contribution in [0.5, 0.6) is 0 Å². The summed E-state index contributed by atoms with van der Waals surface area (Å²) in [7, 11) is 0. The van der Waals surface area contributed by atoms with E-state index in [2.05, 4.69) is 13.8 Å². The van der Waals surface area contributed by atoms with Crippen LogP contribution in [0.2, 0.25) is 0 Å². The average Bonchev–Trinajstić information content (AvgIpc) is 3.24. The third kappa shape index (κ3) is 33.4. The average molecular weight is 843 g/mol. The van der Waals surface area contributed by atoms with Crippen LogP contribution < -0.4 is 0 Å². The van der Waals surface area contributed by atoms with E-state index >= 15 is 0 Å². The van der Waals surface area contributed by atoms with Crippen molar-refractivity contribution < 1.29 is 44.2 Å². The monoisotopic (exact) mass is 843 g/mol. The van der Waals surface area contributed by atoms with Gasteiger partial charge in [-0.2, -0.15) is 0 Å². The molecule has 9 heteroatoms. The number of aliphatic hydroxyl groups excluding tert-OH is 4. The van der Waals surface area contributed by atoms with E-state index in [1.165, 1.54) is 199 Å². The number of carbonyl (C=O) groups excluding carboxylic acids is 1. The Bertz CT molecular complexity index is 873. The lowest BCUT2D eigenvalue weighted by molar-refractivity contribution is -0.305. The lowest BCUT2D eigenvalue weighted by atomic mass is 9.99. The molecule has 9 nitrogen and oxygen atoms in total. The molecule has 0 radical (unpaired) electrons. The maximum absolute atomic E-state index is 12.8. The van der Waals surface area contributed by atoms with Gasteiger partial charge in [0.2, 0.25) is 0 Å². The Morgan fingerprint density at radius 1 is 0.475 bits per heavy atom. The van der Waals surface area contributed by atoms with Gasteiger partial charge in [-0.15, -0.1) is 0 Å². The lowest BCUT2D eigenvalue weighted by Gasteiger charge is -2.39. The Morgan fingerprint density at radius 3 is 1.20 bits per heavy atom. The van der Waals surface area contributed by atoms with Gasteiger partial charge >= 0.3 is 5.97 Å². The van der Waals surface area contributed by atoms with Crippen molar-refractivity contribution in [2.45, 2.75) is 288 Å². The first-order chi connectivity index (χ1) is 28.9. The number of aliphatic hydroxyl groups is 4. The Balaban J connectivity index is 2.18. The van der Waals surface area contributed by atoms with Crippen LogP contribution in [0.3, 0.4) is 0 Å². The number of esters is 1. The topological polar surface area (TPSA) is 135 Å². The summed E-state index contributed by atoms with van der Waals surface area (Å²) in [6, 6.07) is 0. The number of unbranched alkanes of at least 4 members (excludes halogenated alkanes) is 34. The van der Waals surface area contributed by atoms with Crippen LogP contribution in [0, 0.1) is 0 Å². The van der Waals surface area contributed by atoms with Crippen molar-refractivity contribution in [2.24, 2.45) is 0 Å². The zero-order valence-corrected chi connectivity index (χ0v) is 38.8. The van der Waals surface area contributed by atoms with Crippen molar-refractivity contribution in [3.05, 3.63) is 0 Å². The summed E-state index contributed by atoms with van der Waals surface area (Å²) in [5.41, 5.74) is 0. The van der Waals surface area contributed by atoms with Crippen molar-refractivity contribution in [3.8, 4) is 0 Å². The fraction of sp³-hybridized carbons (Fsp3) is 0.980. The molecule has 1 saturated heterocycles. The first-order valence-corrected chi connectivity index (χ1v) is 25.6. The molecule has 6 unspecified atom stereocenters.